The summed E-state index contributed by atoms with van der Waals surface area (Å²) >= 11 is 0. The van der Waals surface area contributed by atoms with Crippen LogP contribution in [0.15, 0.2) is 30.6 Å². The number of amides is 1. The van der Waals surface area contributed by atoms with Gasteiger partial charge in [-0.1, -0.05) is 0 Å². The van der Waals surface area contributed by atoms with Crippen LogP contribution < -0.4 is 10.6 Å². The normalized spacial score (nSPS) is 18.7. The fourth-order valence-electron chi connectivity index (χ4n) is 2.37. The van der Waals surface area contributed by atoms with Gasteiger partial charge < -0.3 is 10.6 Å². The lowest BCUT2D eigenvalue weighted by atomic mass is 9.99. The van der Waals surface area contributed by atoms with E-state index in [-0.39, 0.29) is 11.8 Å². The minimum Gasteiger partial charge on any atom is -0.316 e. The van der Waals surface area contributed by atoms with Crippen LogP contribution in [0.2, 0.25) is 0 Å². The maximum atomic E-state index is 12.1. The minimum atomic E-state index is 0.0322. The summed E-state index contributed by atoms with van der Waals surface area (Å²) in [5.74, 6) is 0.627. The van der Waals surface area contributed by atoms with Crippen molar-refractivity contribution in [3.63, 3.8) is 0 Å². The molecule has 1 saturated heterocycles. The Bertz CT molecular complexity index is 574. The number of nitrogens with one attached hydrogen (secondary N) is 3. The maximum absolute atomic E-state index is 12.1. The van der Waals surface area contributed by atoms with Gasteiger partial charge >= 0.3 is 0 Å². The van der Waals surface area contributed by atoms with E-state index >= 15 is 0 Å². The first-order valence-corrected chi connectivity index (χ1v) is 6.80. The molecule has 2 aromatic heterocycles. The third kappa shape index (κ3) is 2.85. The maximum Gasteiger partial charge on any atom is 0.229 e. The molecule has 1 amide bonds. The number of aromatic nitrogens is 3. The van der Waals surface area contributed by atoms with E-state index in [1.165, 1.54) is 0 Å². The van der Waals surface area contributed by atoms with Crippen LogP contribution in [-0.2, 0) is 4.79 Å². The molecule has 104 valence electrons. The Hall–Kier alpha value is -2.21. The molecule has 0 radical (unpaired) electrons. The van der Waals surface area contributed by atoms with E-state index in [4.69, 9.17) is 0 Å². The zero-order chi connectivity index (χ0) is 13.8. The monoisotopic (exact) mass is 271 g/mol. The number of anilines is 1. The van der Waals surface area contributed by atoms with Crippen molar-refractivity contribution in [2.75, 3.05) is 18.4 Å². The molecule has 1 fully saturated rings. The zero-order valence-electron chi connectivity index (χ0n) is 11.1. The van der Waals surface area contributed by atoms with Crippen LogP contribution in [0.25, 0.3) is 11.3 Å². The SMILES string of the molecule is O=C(Nc1cc(-c2ccncc2)[nH]n1)C1CCCNC1. The third-order valence-electron chi connectivity index (χ3n) is 3.49. The summed E-state index contributed by atoms with van der Waals surface area (Å²) < 4.78 is 0. The number of rotatable bonds is 3. The van der Waals surface area contributed by atoms with Gasteiger partial charge in [0.1, 0.15) is 0 Å². The van der Waals surface area contributed by atoms with E-state index in [1.807, 2.05) is 18.2 Å². The number of hydrogen-bond donors (Lipinski definition) is 3. The Morgan fingerprint density at radius 2 is 2.20 bits per heavy atom. The van der Waals surface area contributed by atoms with Crippen molar-refractivity contribution >= 4 is 11.7 Å². The van der Waals surface area contributed by atoms with E-state index in [0.717, 1.165) is 37.2 Å². The van der Waals surface area contributed by atoms with Crippen LogP contribution in [-0.4, -0.2) is 34.2 Å². The lowest BCUT2D eigenvalue weighted by Gasteiger charge is -2.21. The Balaban J connectivity index is 1.66. The molecule has 0 bridgehead atoms. The van der Waals surface area contributed by atoms with Gasteiger partial charge in [-0.05, 0) is 31.5 Å². The van der Waals surface area contributed by atoms with Crippen molar-refractivity contribution in [2.24, 2.45) is 5.92 Å². The molecule has 6 nitrogen and oxygen atoms in total. The molecule has 0 aromatic carbocycles. The van der Waals surface area contributed by atoms with Crippen molar-refractivity contribution in [3.8, 4) is 11.3 Å². The molecule has 3 heterocycles. The van der Waals surface area contributed by atoms with Crippen LogP contribution in [0.4, 0.5) is 5.82 Å². The van der Waals surface area contributed by atoms with Crippen LogP contribution in [0.5, 0.6) is 0 Å². The second-order valence-corrected chi connectivity index (χ2v) is 4.94. The largest absolute Gasteiger partial charge is 0.316 e. The standard InChI is InChI=1S/C14H17N5O/c20-14(11-2-1-5-16-9-11)17-13-8-12(18-19-13)10-3-6-15-7-4-10/h3-4,6-8,11,16H,1-2,5,9H2,(H2,17,18,19,20). The summed E-state index contributed by atoms with van der Waals surface area (Å²) in [6.45, 7) is 1.74. The molecule has 1 unspecified atom stereocenters. The van der Waals surface area contributed by atoms with Gasteiger partial charge in [0.2, 0.25) is 5.91 Å². The zero-order valence-corrected chi connectivity index (χ0v) is 11.1. The van der Waals surface area contributed by atoms with Gasteiger partial charge in [-0.15, -0.1) is 0 Å². The summed E-state index contributed by atoms with van der Waals surface area (Å²) in [5, 5.41) is 13.2. The number of pyridine rings is 1. The number of hydrogen-bond acceptors (Lipinski definition) is 4. The number of carbonyl (C=O) groups excluding carboxylic acids is 1. The van der Waals surface area contributed by atoms with Gasteiger partial charge in [-0.2, -0.15) is 5.10 Å². The number of aromatic amines is 1. The molecule has 3 rings (SSSR count). The van der Waals surface area contributed by atoms with Gasteiger partial charge in [0, 0.05) is 30.6 Å². The summed E-state index contributed by atoms with van der Waals surface area (Å²) in [4.78, 5) is 16.1. The molecule has 6 heteroatoms. The van der Waals surface area contributed by atoms with Crippen LogP contribution in [0.3, 0.4) is 0 Å². The van der Waals surface area contributed by atoms with Gasteiger partial charge in [0.05, 0.1) is 11.6 Å². The fraction of sp³-hybridized carbons (Fsp3) is 0.357. The first-order valence-electron chi connectivity index (χ1n) is 6.80. The average Bonchev–Trinajstić information content (AvgIpc) is 2.97. The van der Waals surface area contributed by atoms with Crippen molar-refractivity contribution in [1.29, 1.82) is 0 Å². The van der Waals surface area contributed by atoms with Crippen molar-refractivity contribution < 1.29 is 4.79 Å². The fourth-order valence-corrected chi connectivity index (χ4v) is 2.37. The van der Waals surface area contributed by atoms with Gasteiger partial charge in [0.15, 0.2) is 5.82 Å². The van der Waals surface area contributed by atoms with Crippen LogP contribution in [0, 0.1) is 5.92 Å². The molecule has 1 atom stereocenters. The molecule has 0 aliphatic carbocycles. The van der Waals surface area contributed by atoms with Gasteiger partial charge in [-0.25, -0.2) is 0 Å². The first-order chi connectivity index (χ1) is 9.83. The highest BCUT2D eigenvalue weighted by Crippen LogP contribution is 2.19. The molecular formula is C14H17N5O. The minimum absolute atomic E-state index is 0.0322. The average molecular weight is 271 g/mol. The molecule has 20 heavy (non-hydrogen) atoms. The van der Waals surface area contributed by atoms with Gasteiger partial charge in [-0.3, -0.25) is 14.9 Å². The lowest BCUT2D eigenvalue weighted by molar-refractivity contribution is -0.120. The molecule has 3 N–H and O–H groups in total. The molecule has 0 spiro atoms. The molecular weight excluding hydrogens is 254 g/mol. The van der Waals surface area contributed by atoms with Crippen molar-refractivity contribution in [2.45, 2.75) is 12.8 Å². The van der Waals surface area contributed by atoms with Crippen molar-refractivity contribution in [3.05, 3.63) is 30.6 Å². The summed E-state index contributed by atoms with van der Waals surface area (Å²) in [6, 6.07) is 5.62. The Labute approximate surface area is 117 Å². The third-order valence-corrected chi connectivity index (χ3v) is 3.49. The Morgan fingerprint density at radius 1 is 1.35 bits per heavy atom. The summed E-state index contributed by atoms with van der Waals surface area (Å²) in [7, 11) is 0. The van der Waals surface area contributed by atoms with E-state index in [2.05, 4.69) is 25.8 Å². The Kier molecular flexibility index (Phi) is 3.73. The Morgan fingerprint density at radius 3 is 2.95 bits per heavy atom. The van der Waals surface area contributed by atoms with Crippen LogP contribution in [0.1, 0.15) is 12.8 Å². The topological polar surface area (TPSA) is 82.7 Å². The number of H-pyrrole nitrogens is 1. The van der Waals surface area contributed by atoms with E-state index < -0.39 is 0 Å². The number of nitrogens with zero attached hydrogens (tertiary/aromatic N) is 2. The molecule has 0 saturated carbocycles. The van der Waals surface area contributed by atoms with Gasteiger partial charge in [0.25, 0.3) is 0 Å². The van der Waals surface area contributed by atoms with E-state index in [1.54, 1.807) is 12.4 Å². The summed E-state index contributed by atoms with van der Waals surface area (Å²) in [6.07, 6.45) is 5.42. The second-order valence-electron chi connectivity index (χ2n) is 4.94. The van der Waals surface area contributed by atoms with E-state index in [9.17, 15) is 4.79 Å². The van der Waals surface area contributed by atoms with Crippen molar-refractivity contribution in [1.82, 2.24) is 20.5 Å². The highest BCUT2D eigenvalue weighted by Gasteiger charge is 2.21. The highest BCUT2D eigenvalue weighted by atomic mass is 16.2. The number of carbonyl (C=O) groups is 1. The highest BCUT2D eigenvalue weighted by molar-refractivity contribution is 5.92. The predicted molar refractivity (Wildman–Crippen MR) is 76.0 cm³/mol. The van der Waals surface area contributed by atoms with Crippen LogP contribution >= 0.6 is 0 Å². The quantitative estimate of drug-likeness (QED) is 0.788. The number of piperidine rings is 1. The molecule has 1 aliphatic heterocycles. The predicted octanol–water partition coefficient (Wildman–Crippen LogP) is 1.41. The molecule has 1 aliphatic rings. The molecule has 2 aromatic rings. The summed E-state index contributed by atoms with van der Waals surface area (Å²) in [5.41, 5.74) is 1.86. The lowest BCUT2D eigenvalue weighted by Crippen LogP contribution is -2.37. The smallest absolute Gasteiger partial charge is 0.229 e. The second kappa shape index (κ2) is 5.83. The van der Waals surface area contributed by atoms with E-state index in [0.29, 0.717) is 5.82 Å². The first kappa shape index (κ1) is 12.8.